The summed E-state index contributed by atoms with van der Waals surface area (Å²) in [6.07, 6.45) is 1.76. The average molecular weight is 486 g/mol. The molecule has 0 saturated carbocycles. The Morgan fingerprint density at radius 3 is 2.62 bits per heavy atom. The highest BCUT2D eigenvalue weighted by Crippen LogP contribution is 2.44. The first-order valence-electron chi connectivity index (χ1n) is 10.1. The fourth-order valence-electron chi connectivity index (χ4n) is 3.63. The summed E-state index contributed by atoms with van der Waals surface area (Å²) in [5.41, 5.74) is 2.06. The van der Waals surface area contributed by atoms with E-state index in [1.165, 1.54) is 4.90 Å². The maximum atomic E-state index is 13.4. The van der Waals surface area contributed by atoms with Crippen molar-refractivity contribution in [3.63, 3.8) is 0 Å². The van der Waals surface area contributed by atoms with Crippen LogP contribution in [0.3, 0.4) is 0 Å². The van der Waals surface area contributed by atoms with Crippen LogP contribution in [0.1, 0.15) is 25.3 Å². The Hall–Kier alpha value is -2.68. The molecule has 0 bridgehead atoms. The number of unbranched alkanes of at least 4 members (excludes halogenated alkanes) is 1. The zero-order chi connectivity index (χ0) is 22.8. The molecular formula is C23H20ClN3O3S2. The topological polar surface area (TPSA) is 69.7 Å². The first kappa shape index (κ1) is 22.5. The highest BCUT2D eigenvalue weighted by Gasteiger charge is 2.42. The molecular weight excluding hydrogens is 466 g/mol. The number of carbonyl (C=O) groups is 3. The quantitative estimate of drug-likeness (QED) is 0.474. The number of fused-ring (bicyclic) bond motifs is 1. The van der Waals surface area contributed by atoms with Gasteiger partial charge in [-0.3, -0.25) is 24.2 Å². The summed E-state index contributed by atoms with van der Waals surface area (Å²) >= 11 is 12.5. The van der Waals surface area contributed by atoms with Crippen LogP contribution in [0, 0.1) is 0 Å². The molecule has 1 saturated heterocycles. The van der Waals surface area contributed by atoms with E-state index < -0.39 is 0 Å². The van der Waals surface area contributed by atoms with Crippen LogP contribution < -0.4 is 10.2 Å². The minimum Gasteiger partial charge on any atom is -0.324 e. The Morgan fingerprint density at radius 2 is 1.88 bits per heavy atom. The van der Waals surface area contributed by atoms with E-state index in [9.17, 15) is 14.4 Å². The number of rotatable bonds is 6. The molecule has 1 fully saturated rings. The zero-order valence-corrected chi connectivity index (χ0v) is 19.6. The number of hydrogen-bond acceptors (Lipinski definition) is 5. The number of para-hydroxylation sites is 1. The number of benzene rings is 2. The first-order chi connectivity index (χ1) is 15.4. The summed E-state index contributed by atoms with van der Waals surface area (Å²) in [5, 5.41) is 3.25. The lowest BCUT2D eigenvalue weighted by atomic mass is 10.1. The number of hydrogen-bond donors (Lipinski definition) is 1. The Morgan fingerprint density at radius 1 is 1.09 bits per heavy atom. The van der Waals surface area contributed by atoms with E-state index >= 15 is 0 Å². The fraction of sp³-hybridized carbons (Fsp3) is 0.217. The number of nitrogens with one attached hydrogen (secondary N) is 1. The van der Waals surface area contributed by atoms with Crippen molar-refractivity contribution in [2.24, 2.45) is 0 Å². The van der Waals surface area contributed by atoms with E-state index in [1.807, 2.05) is 6.92 Å². The van der Waals surface area contributed by atoms with Crippen molar-refractivity contribution >= 4 is 74.6 Å². The zero-order valence-electron chi connectivity index (χ0n) is 17.3. The van der Waals surface area contributed by atoms with Crippen molar-refractivity contribution in [1.82, 2.24) is 4.90 Å². The van der Waals surface area contributed by atoms with E-state index in [4.69, 9.17) is 23.8 Å². The molecule has 0 aliphatic carbocycles. The van der Waals surface area contributed by atoms with Crippen molar-refractivity contribution in [3.05, 3.63) is 64.0 Å². The molecule has 0 aromatic heterocycles. The second-order valence-corrected chi connectivity index (χ2v) is 9.43. The van der Waals surface area contributed by atoms with Crippen LogP contribution in [0.4, 0.5) is 11.4 Å². The molecule has 164 valence electrons. The Balaban J connectivity index is 1.63. The average Bonchev–Trinajstić information content (AvgIpc) is 3.19. The van der Waals surface area contributed by atoms with Crippen LogP contribution in [-0.4, -0.2) is 40.0 Å². The van der Waals surface area contributed by atoms with Gasteiger partial charge >= 0.3 is 0 Å². The third kappa shape index (κ3) is 4.30. The van der Waals surface area contributed by atoms with Gasteiger partial charge in [0.15, 0.2) is 0 Å². The molecule has 0 unspecified atom stereocenters. The molecule has 2 aliphatic heterocycles. The van der Waals surface area contributed by atoms with Gasteiger partial charge in [-0.25, -0.2) is 0 Å². The van der Waals surface area contributed by atoms with Gasteiger partial charge in [-0.2, -0.15) is 0 Å². The predicted octanol–water partition coefficient (Wildman–Crippen LogP) is 4.70. The standard InChI is InChI=1S/C23H20ClN3O3S2/c1-2-3-11-26-22(30)20(32-23(26)31)19-16-9-4-5-10-17(16)27(21(19)29)13-18(28)25-15-8-6-7-14(24)12-15/h4-10,12H,2-3,11,13H2,1H3,(H,25,28)/b20-19+. The van der Waals surface area contributed by atoms with Gasteiger partial charge in [0.2, 0.25) is 5.91 Å². The lowest BCUT2D eigenvalue weighted by Crippen LogP contribution is -2.35. The summed E-state index contributed by atoms with van der Waals surface area (Å²) < 4.78 is 0.452. The van der Waals surface area contributed by atoms with Crippen molar-refractivity contribution in [2.75, 3.05) is 23.3 Å². The normalized spacial score (nSPS) is 17.9. The summed E-state index contributed by atoms with van der Waals surface area (Å²) in [6.45, 7) is 2.38. The van der Waals surface area contributed by atoms with Crippen molar-refractivity contribution < 1.29 is 14.4 Å². The van der Waals surface area contributed by atoms with Gasteiger partial charge in [0.25, 0.3) is 11.8 Å². The maximum absolute atomic E-state index is 13.4. The second kappa shape index (κ2) is 9.44. The number of anilines is 2. The smallest absolute Gasteiger partial charge is 0.267 e. The number of thioether (sulfide) groups is 1. The van der Waals surface area contributed by atoms with Crippen molar-refractivity contribution in [2.45, 2.75) is 19.8 Å². The van der Waals surface area contributed by atoms with Crippen molar-refractivity contribution in [1.29, 1.82) is 0 Å². The molecule has 0 radical (unpaired) electrons. The van der Waals surface area contributed by atoms with Gasteiger partial charge in [-0.05, 0) is 30.7 Å². The van der Waals surface area contributed by atoms with Crippen LogP contribution in [0.2, 0.25) is 5.02 Å². The molecule has 0 atom stereocenters. The van der Waals surface area contributed by atoms with Crippen LogP contribution in [-0.2, 0) is 14.4 Å². The largest absolute Gasteiger partial charge is 0.324 e. The SMILES string of the molecule is CCCCN1C(=O)/C(=C2\C(=O)N(CC(=O)Nc3cccc(Cl)c3)c3ccccc32)SC1=S. The van der Waals surface area contributed by atoms with Gasteiger partial charge < -0.3 is 5.32 Å². The predicted molar refractivity (Wildman–Crippen MR) is 133 cm³/mol. The minimum atomic E-state index is -0.386. The molecule has 2 aromatic rings. The van der Waals surface area contributed by atoms with E-state index in [2.05, 4.69) is 5.32 Å². The Labute approximate surface area is 200 Å². The van der Waals surface area contributed by atoms with E-state index in [-0.39, 0.29) is 24.3 Å². The summed E-state index contributed by atoms with van der Waals surface area (Å²) in [4.78, 5) is 42.4. The van der Waals surface area contributed by atoms with Crippen LogP contribution in [0.25, 0.3) is 5.57 Å². The molecule has 32 heavy (non-hydrogen) atoms. The third-order valence-corrected chi connectivity index (χ3v) is 6.83. The summed E-state index contributed by atoms with van der Waals surface area (Å²) in [5.74, 6) is -1.01. The van der Waals surface area contributed by atoms with Gasteiger partial charge in [-0.15, -0.1) is 0 Å². The summed E-state index contributed by atoms with van der Waals surface area (Å²) in [7, 11) is 0. The van der Waals surface area contributed by atoms with Gasteiger partial charge in [-0.1, -0.05) is 73.2 Å². The third-order valence-electron chi connectivity index (χ3n) is 5.14. The molecule has 6 nitrogen and oxygen atoms in total. The highest BCUT2D eigenvalue weighted by atomic mass is 35.5. The maximum Gasteiger partial charge on any atom is 0.267 e. The molecule has 2 heterocycles. The molecule has 3 amide bonds. The van der Waals surface area contributed by atoms with E-state index in [1.54, 1.807) is 53.4 Å². The molecule has 9 heteroatoms. The van der Waals surface area contributed by atoms with E-state index in [0.29, 0.717) is 43.3 Å². The van der Waals surface area contributed by atoms with Gasteiger partial charge in [0, 0.05) is 22.8 Å². The number of nitrogens with zero attached hydrogens (tertiary/aromatic N) is 2. The van der Waals surface area contributed by atoms with Crippen LogP contribution in [0.5, 0.6) is 0 Å². The monoisotopic (exact) mass is 485 g/mol. The lowest BCUT2D eigenvalue weighted by molar-refractivity contribution is -0.122. The number of halogens is 1. The highest BCUT2D eigenvalue weighted by molar-refractivity contribution is 8.26. The molecule has 2 aliphatic rings. The lowest BCUT2D eigenvalue weighted by Gasteiger charge is -2.17. The van der Waals surface area contributed by atoms with Gasteiger partial charge in [0.05, 0.1) is 16.2 Å². The van der Waals surface area contributed by atoms with Crippen LogP contribution in [0.15, 0.2) is 53.4 Å². The summed E-state index contributed by atoms with van der Waals surface area (Å²) in [6, 6.07) is 13.9. The van der Waals surface area contributed by atoms with E-state index in [0.717, 1.165) is 24.6 Å². The van der Waals surface area contributed by atoms with Crippen molar-refractivity contribution in [3.8, 4) is 0 Å². The Bertz CT molecular complexity index is 1160. The number of carbonyl (C=O) groups excluding carboxylic acids is 3. The Kier molecular flexibility index (Phi) is 6.64. The molecule has 2 aromatic carbocycles. The van der Waals surface area contributed by atoms with Crippen LogP contribution >= 0.6 is 35.6 Å². The molecule has 0 spiro atoms. The second-order valence-electron chi connectivity index (χ2n) is 7.35. The minimum absolute atomic E-state index is 0.192. The number of thiocarbonyl (C=S) groups is 1. The van der Waals surface area contributed by atoms with Gasteiger partial charge in [0.1, 0.15) is 10.9 Å². The first-order valence-corrected chi connectivity index (χ1v) is 11.8. The fourth-order valence-corrected chi connectivity index (χ4v) is 5.20. The molecule has 1 N–H and O–H groups in total. The number of amides is 3. The molecule has 4 rings (SSSR count).